The highest BCUT2D eigenvalue weighted by Crippen LogP contribution is 2.38. The molecule has 7 heteroatoms. The number of amides is 1. The number of methoxy groups -OCH3 is 1. The Kier molecular flexibility index (Phi) is 4.84. The van der Waals surface area contributed by atoms with E-state index in [1.54, 1.807) is 13.3 Å². The van der Waals surface area contributed by atoms with Gasteiger partial charge in [0.15, 0.2) is 0 Å². The van der Waals surface area contributed by atoms with E-state index in [1.807, 2.05) is 0 Å². The van der Waals surface area contributed by atoms with Crippen molar-refractivity contribution in [3.63, 3.8) is 0 Å². The predicted octanol–water partition coefficient (Wildman–Crippen LogP) is 2.72. The van der Waals surface area contributed by atoms with Crippen molar-refractivity contribution in [2.24, 2.45) is 17.8 Å². The summed E-state index contributed by atoms with van der Waals surface area (Å²) in [6.07, 6.45) is 7.47. The molecule has 0 aromatic carbocycles. The van der Waals surface area contributed by atoms with Gasteiger partial charge in [-0.1, -0.05) is 6.42 Å². The van der Waals surface area contributed by atoms with Crippen molar-refractivity contribution < 1.29 is 9.53 Å². The lowest BCUT2D eigenvalue weighted by Crippen LogP contribution is -2.42. The zero-order valence-electron chi connectivity index (χ0n) is 14.7. The quantitative estimate of drug-likeness (QED) is 0.769. The van der Waals surface area contributed by atoms with Crippen molar-refractivity contribution in [1.82, 2.24) is 14.9 Å². The Bertz CT molecular complexity index is 636. The van der Waals surface area contributed by atoms with Gasteiger partial charge in [0.2, 0.25) is 17.7 Å². The maximum Gasteiger partial charge on any atom is 0.232 e. The Labute approximate surface area is 157 Å². The number of carbonyl (C=O) groups excluding carboxylic acids is 1. The number of nitrogens with zero attached hydrogens (tertiary/aromatic N) is 4. The summed E-state index contributed by atoms with van der Waals surface area (Å²) in [5, 5.41) is 0. The SMILES string of the molecule is COc1nc(N2CCC(C(=O)N3CC4CCCC4C3)CC2)ncc1Br. The largest absolute Gasteiger partial charge is 0.480 e. The van der Waals surface area contributed by atoms with Crippen LogP contribution in [0.25, 0.3) is 0 Å². The molecule has 0 bridgehead atoms. The Balaban J connectivity index is 1.34. The maximum absolute atomic E-state index is 12.9. The normalized spacial score (nSPS) is 26.8. The zero-order valence-corrected chi connectivity index (χ0v) is 16.2. The molecule has 0 radical (unpaired) electrons. The van der Waals surface area contributed by atoms with Crippen LogP contribution in [0.4, 0.5) is 5.95 Å². The molecular formula is C18H25BrN4O2. The fourth-order valence-electron chi connectivity index (χ4n) is 4.64. The number of hydrogen-bond donors (Lipinski definition) is 0. The molecule has 1 aliphatic carbocycles. The van der Waals surface area contributed by atoms with Gasteiger partial charge in [-0.15, -0.1) is 0 Å². The minimum absolute atomic E-state index is 0.160. The Morgan fingerprint density at radius 1 is 1.20 bits per heavy atom. The van der Waals surface area contributed by atoms with Crippen LogP contribution in [0.15, 0.2) is 10.7 Å². The van der Waals surface area contributed by atoms with E-state index in [0.717, 1.165) is 55.3 Å². The summed E-state index contributed by atoms with van der Waals surface area (Å²) in [4.78, 5) is 26.0. The molecule has 136 valence electrons. The summed E-state index contributed by atoms with van der Waals surface area (Å²) in [6.45, 7) is 3.64. The third-order valence-corrected chi connectivity index (χ3v) is 6.60. The highest BCUT2D eigenvalue weighted by molar-refractivity contribution is 9.10. The van der Waals surface area contributed by atoms with Crippen molar-refractivity contribution in [2.75, 3.05) is 38.2 Å². The van der Waals surface area contributed by atoms with Gasteiger partial charge < -0.3 is 14.5 Å². The molecule has 2 saturated heterocycles. The van der Waals surface area contributed by atoms with E-state index in [2.05, 4.69) is 35.7 Å². The molecule has 3 heterocycles. The van der Waals surface area contributed by atoms with E-state index in [1.165, 1.54) is 19.3 Å². The molecule has 1 aromatic heterocycles. The van der Waals surface area contributed by atoms with Crippen LogP contribution in [0, 0.1) is 17.8 Å². The topological polar surface area (TPSA) is 58.6 Å². The maximum atomic E-state index is 12.9. The van der Waals surface area contributed by atoms with E-state index in [4.69, 9.17) is 4.74 Å². The van der Waals surface area contributed by atoms with Crippen molar-refractivity contribution in [3.05, 3.63) is 10.7 Å². The predicted molar refractivity (Wildman–Crippen MR) is 98.6 cm³/mol. The molecule has 1 aromatic rings. The van der Waals surface area contributed by atoms with E-state index < -0.39 is 0 Å². The van der Waals surface area contributed by atoms with E-state index in [9.17, 15) is 4.79 Å². The molecule has 3 fully saturated rings. The molecule has 2 aliphatic heterocycles. The Morgan fingerprint density at radius 3 is 2.52 bits per heavy atom. The standard InChI is InChI=1S/C18H25BrN4O2/c1-25-16-15(19)9-20-18(21-16)22-7-5-12(6-8-22)17(24)23-10-13-3-2-4-14(13)11-23/h9,12-14H,2-8,10-11H2,1H3. The van der Waals surface area contributed by atoms with Crippen LogP contribution in [-0.4, -0.2) is 54.1 Å². The number of halogens is 1. The smallest absolute Gasteiger partial charge is 0.232 e. The number of rotatable bonds is 3. The summed E-state index contributed by atoms with van der Waals surface area (Å²) in [6, 6.07) is 0. The average Bonchev–Trinajstić information content (AvgIpc) is 3.24. The Morgan fingerprint density at radius 2 is 1.88 bits per heavy atom. The number of aromatic nitrogens is 2. The minimum atomic E-state index is 0.160. The first-order valence-corrected chi connectivity index (χ1v) is 10.0. The first kappa shape index (κ1) is 17.1. The summed E-state index contributed by atoms with van der Waals surface area (Å²) in [5.41, 5.74) is 0. The van der Waals surface area contributed by atoms with Gasteiger partial charge in [0, 0.05) is 32.1 Å². The second-order valence-electron chi connectivity index (χ2n) is 7.48. The van der Waals surface area contributed by atoms with Gasteiger partial charge in [-0.2, -0.15) is 4.98 Å². The van der Waals surface area contributed by atoms with Crippen LogP contribution in [0.1, 0.15) is 32.1 Å². The second kappa shape index (κ2) is 7.09. The van der Waals surface area contributed by atoms with Gasteiger partial charge in [-0.25, -0.2) is 4.98 Å². The second-order valence-corrected chi connectivity index (χ2v) is 8.34. The fraction of sp³-hybridized carbons (Fsp3) is 0.722. The molecule has 3 aliphatic rings. The molecule has 0 N–H and O–H groups in total. The van der Waals surface area contributed by atoms with Crippen molar-refractivity contribution in [2.45, 2.75) is 32.1 Å². The summed E-state index contributed by atoms with van der Waals surface area (Å²) < 4.78 is 6.01. The number of ether oxygens (including phenoxy) is 1. The van der Waals surface area contributed by atoms with Crippen LogP contribution < -0.4 is 9.64 Å². The number of likely N-dealkylation sites (tertiary alicyclic amines) is 1. The van der Waals surface area contributed by atoms with Crippen LogP contribution >= 0.6 is 15.9 Å². The van der Waals surface area contributed by atoms with Gasteiger partial charge in [0.05, 0.1) is 17.8 Å². The number of anilines is 1. The lowest BCUT2D eigenvalue weighted by molar-refractivity contribution is -0.135. The molecule has 2 unspecified atom stereocenters. The first-order chi connectivity index (χ1) is 12.2. The minimum Gasteiger partial charge on any atom is -0.480 e. The molecule has 2 atom stereocenters. The number of carbonyl (C=O) groups is 1. The van der Waals surface area contributed by atoms with Crippen molar-refractivity contribution in [3.8, 4) is 5.88 Å². The molecule has 1 amide bonds. The Hall–Kier alpha value is -1.37. The van der Waals surface area contributed by atoms with Crippen molar-refractivity contribution >= 4 is 27.8 Å². The van der Waals surface area contributed by atoms with Crippen LogP contribution in [0.5, 0.6) is 5.88 Å². The number of fused-ring (bicyclic) bond motifs is 1. The van der Waals surface area contributed by atoms with Gasteiger partial charge in [0.1, 0.15) is 0 Å². The van der Waals surface area contributed by atoms with Gasteiger partial charge in [-0.3, -0.25) is 4.79 Å². The highest BCUT2D eigenvalue weighted by Gasteiger charge is 2.40. The summed E-state index contributed by atoms with van der Waals surface area (Å²) >= 11 is 3.38. The monoisotopic (exact) mass is 408 g/mol. The van der Waals surface area contributed by atoms with Crippen LogP contribution in [0.2, 0.25) is 0 Å². The van der Waals surface area contributed by atoms with Crippen LogP contribution in [-0.2, 0) is 4.79 Å². The van der Waals surface area contributed by atoms with Gasteiger partial charge >= 0.3 is 0 Å². The number of hydrogen-bond acceptors (Lipinski definition) is 5. The summed E-state index contributed by atoms with van der Waals surface area (Å²) in [5.74, 6) is 3.31. The zero-order chi connectivity index (χ0) is 17.4. The highest BCUT2D eigenvalue weighted by atomic mass is 79.9. The lowest BCUT2D eigenvalue weighted by Gasteiger charge is -2.33. The van der Waals surface area contributed by atoms with Gasteiger partial charge in [-0.05, 0) is 53.4 Å². The molecule has 4 rings (SSSR count). The molecule has 6 nitrogen and oxygen atoms in total. The van der Waals surface area contributed by atoms with E-state index in [-0.39, 0.29) is 5.92 Å². The summed E-state index contributed by atoms with van der Waals surface area (Å²) in [7, 11) is 1.60. The molecule has 25 heavy (non-hydrogen) atoms. The number of piperidine rings is 1. The fourth-order valence-corrected chi connectivity index (χ4v) is 4.99. The van der Waals surface area contributed by atoms with E-state index >= 15 is 0 Å². The molecular weight excluding hydrogens is 384 g/mol. The third-order valence-electron chi connectivity index (χ3n) is 6.06. The van der Waals surface area contributed by atoms with Crippen LogP contribution in [0.3, 0.4) is 0 Å². The van der Waals surface area contributed by atoms with Gasteiger partial charge in [0.25, 0.3) is 0 Å². The first-order valence-electron chi connectivity index (χ1n) is 9.26. The molecule has 0 spiro atoms. The molecule has 1 saturated carbocycles. The van der Waals surface area contributed by atoms with E-state index in [0.29, 0.717) is 17.7 Å². The third kappa shape index (κ3) is 3.35. The average molecular weight is 409 g/mol. The van der Waals surface area contributed by atoms with Crippen molar-refractivity contribution in [1.29, 1.82) is 0 Å². The lowest BCUT2D eigenvalue weighted by atomic mass is 9.95.